The van der Waals surface area contributed by atoms with Crippen molar-refractivity contribution in [3.63, 3.8) is 0 Å². The van der Waals surface area contributed by atoms with Crippen LogP contribution in [0.2, 0.25) is 0 Å². The van der Waals surface area contributed by atoms with Crippen molar-refractivity contribution in [2.24, 2.45) is 5.92 Å². The number of benzene rings is 1. The van der Waals surface area contributed by atoms with E-state index in [0.717, 1.165) is 25.0 Å². The predicted octanol–water partition coefficient (Wildman–Crippen LogP) is 3.51. The summed E-state index contributed by atoms with van der Waals surface area (Å²) in [5.74, 6) is 0.801. The second-order valence-corrected chi connectivity index (χ2v) is 6.27. The van der Waals surface area contributed by atoms with Crippen molar-refractivity contribution in [3.8, 4) is 0 Å². The Labute approximate surface area is 124 Å². The van der Waals surface area contributed by atoms with Gasteiger partial charge in [-0.2, -0.15) is 0 Å². The first-order valence-corrected chi connectivity index (χ1v) is 8.15. The molecule has 0 aromatic heterocycles. The fourth-order valence-corrected chi connectivity index (χ4v) is 3.36. The summed E-state index contributed by atoms with van der Waals surface area (Å²) >= 11 is 0. The lowest BCUT2D eigenvalue weighted by Gasteiger charge is -2.38. The highest BCUT2D eigenvalue weighted by Gasteiger charge is 2.27. The quantitative estimate of drug-likeness (QED) is 0.884. The van der Waals surface area contributed by atoms with Crippen molar-refractivity contribution in [1.82, 2.24) is 10.2 Å². The van der Waals surface area contributed by atoms with E-state index in [4.69, 9.17) is 0 Å². The molecule has 0 saturated carbocycles. The van der Waals surface area contributed by atoms with E-state index in [1.807, 2.05) is 0 Å². The molecule has 0 spiro atoms. The molecule has 0 amide bonds. The number of nitrogens with one attached hydrogen (secondary N) is 1. The van der Waals surface area contributed by atoms with Crippen molar-refractivity contribution >= 4 is 0 Å². The van der Waals surface area contributed by atoms with Gasteiger partial charge in [0.2, 0.25) is 0 Å². The van der Waals surface area contributed by atoms with Gasteiger partial charge in [-0.05, 0) is 56.0 Å². The Bertz CT molecular complexity index is 427. The Morgan fingerprint density at radius 3 is 2.65 bits per heavy atom. The fraction of sp³-hybridized carbons (Fsp3) is 0.667. The number of piperidine rings is 1. The van der Waals surface area contributed by atoms with Crippen LogP contribution in [0.1, 0.15) is 43.4 Å². The average molecular weight is 274 g/mol. The summed E-state index contributed by atoms with van der Waals surface area (Å²) in [4.78, 5) is 2.63. The Balaban J connectivity index is 1.95. The highest BCUT2D eigenvalue weighted by Crippen LogP contribution is 2.22. The van der Waals surface area contributed by atoms with Crippen LogP contribution in [-0.4, -0.2) is 30.6 Å². The molecule has 2 rings (SSSR count). The highest BCUT2D eigenvalue weighted by atomic mass is 15.1. The third kappa shape index (κ3) is 3.83. The topological polar surface area (TPSA) is 15.3 Å². The van der Waals surface area contributed by atoms with Gasteiger partial charge >= 0.3 is 0 Å². The summed E-state index contributed by atoms with van der Waals surface area (Å²) in [7, 11) is 0. The molecular weight excluding hydrogens is 244 g/mol. The van der Waals surface area contributed by atoms with Crippen LogP contribution in [0.3, 0.4) is 0 Å². The summed E-state index contributed by atoms with van der Waals surface area (Å²) in [6.07, 6.45) is 2.57. The molecule has 1 saturated heterocycles. The van der Waals surface area contributed by atoms with Crippen molar-refractivity contribution < 1.29 is 0 Å². The van der Waals surface area contributed by atoms with Crippen LogP contribution in [0.5, 0.6) is 0 Å². The molecule has 2 nitrogen and oxygen atoms in total. The van der Waals surface area contributed by atoms with Crippen LogP contribution in [-0.2, 0) is 6.54 Å². The van der Waals surface area contributed by atoms with E-state index in [0.29, 0.717) is 0 Å². The molecule has 1 aliphatic heterocycles. The Morgan fingerprint density at radius 1 is 1.20 bits per heavy atom. The molecule has 2 atom stereocenters. The predicted molar refractivity (Wildman–Crippen MR) is 87.1 cm³/mol. The van der Waals surface area contributed by atoms with Gasteiger partial charge in [-0.25, -0.2) is 0 Å². The smallest absolute Gasteiger partial charge is 0.0233 e. The highest BCUT2D eigenvalue weighted by molar-refractivity contribution is 5.29. The molecule has 0 aliphatic carbocycles. The molecule has 20 heavy (non-hydrogen) atoms. The minimum absolute atomic E-state index is 0.723. The molecule has 1 N–H and O–H groups in total. The molecular formula is C18H30N2. The Morgan fingerprint density at radius 2 is 2.00 bits per heavy atom. The molecule has 1 aliphatic rings. The lowest BCUT2D eigenvalue weighted by Crippen LogP contribution is -2.48. The SMILES string of the molecule is CCNC1CCN(Cc2ccc(C)c(C)c2)CC1CC. The molecule has 1 aromatic rings. The van der Waals surface area contributed by atoms with Crippen LogP contribution >= 0.6 is 0 Å². The maximum atomic E-state index is 3.66. The van der Waals surface area contributed by atoms with E-state index in [-0.39, 0.29) is 0 Å². The van der Waals surface area contributed by atoms with Crippen LogP contribution in [0.25, 0.3) is 0 Å². The third-order valence-electron chi connectivity index (χ3n) is 4.79. The van der Waals surface area contributed by atoms with Crippen LogP contribution < -0.4 is 5.32 Å². The second kappa shape index (κ2) is 7.24. The standard InChI is InChI=1S/C18H30N2/c1-5-17-13-20(10-9-18(17)19-6-2)12-16-8-7-14(3)15(4)11-16/h7-8,11,17-19H,5-6,9-10,12-13H2,1-4H3. The molecule has 0 radical (unpaired) electrons. The maximum absolute atomic E-state index is 3.66. The van der Waals surface area contributed by atoms with E-state index in [9.17, 15) is 0 Å². The minimum atomic E-state index is 0.723. The molecule has 2 unspecified atom stereocenters. The fourth-order valence-electron chi connectivity index (χ4n) is 3.36. The van der Waals surface area contributed by atoms with E-state index in [1.54, 1.807) is 0 Å². The normalized spacial score (nSPS) is 24.0. The van der Waals surface area contributed by atoms with Crippen molar-refractivity contribution in [3.05, 3.63) is 34.9 Å². The molecule has 2 heteroatoms. The number of aryl methyl sites for hydroxylation is 2. The Kier molecular flexibility index (Phi) is 5.62. The van der Waals surface area contributed by atoms with Gasteiger partial charge in [-0.1, -0.05) is 38.5 Å². The number of likely N-dealkylation sites (tertiary alicyclic amines) is 1. The molecule has 1 heterocycles. The monoisotopic (exact) mass is 274 g/mol. The van der Waals surface area contributed by atoms with E-state index in [2.05, 4.69) is 56.1 Å². The first kappa shape index (κ1) is 15.5. The zero-order chi connectivity index (χ0) is 14.5. The van der Waals surface area contributed by atoms with Crippen LogP contribution in [0.15, 0.2) is 18.2 Å². The van der Waals surface area contributed by atoms with Gasteiger partial charge in [-0.15, -0.1) is 0 Å². The second-order valence-electron chi connectivity index (χ2n) is 6.27. The van der Waals surface area contributed by atoms with E-state index >= 15 is 0 Å². The molecule has 0 bridgehead atoms. The van der Waals surface area contributed by atoms with Gasteiger partial charge in [0.1, 0.15) is 0 Å². The molecule has 1 aromatic carbocycles. The minimum Gasteiger partial charge on any atom is -0.314 e. The third-order valence-corrected chi connectivity index (χ3v) is 4.79. The van der Waals surface area contributed by atoms with Gasteiger partial charge in [0.05, 0.1) is 0 Å². The summed E-state index contributed by atoms with van der Waals surface area (Å²) in [6.45, 7) is 13.6. The van der Waals surface area contributed by atoms with E-state index in [1.165, 1.54) is 42.6 Å². The van der Waals surface area contributed by atoms with Gasteiger partial charge in [0.25, 0.3) is 0 Å². The lowest BCUT2D eigenvalue weighted by atomic mass is 9.89. The lowest BCUT2D eigenvalue weighted by molar-refractivity contribution is 0.129. The summed E-state index contributed by atoms with van der Waals surface area (Å²) in [5, 5.41) is 3.66. The van der Waals surface area contributed by atoms with Gasteiger partial charge < -0.3 is 5.32 Å². The zero-order valence-electron chi connectivity index (χ0n) is 13.6. The molecule has 112 valence electrons. The van der Waals surface area contributed by atoms with Gasteiger partial charge in [0.15, 0.2) is 0 Å². The Hall–Kier alpha value is -0.860. The number of hydrogen-bond donors (Lipinski definition) is 1. The van der Waals surface area contributed by atoms with Crippen molar-refractivity contribution in [2.45, 2.75) is 53.1 Å². The maximum Gasteiger partial charge on any atom is 0.0233 e. The van der Waals surface area contributed by atoms with Crippen molar-refractivity contribution in [2.75, 3.05) is 19.6 Å². The summed E-state index contributed by atoms with van der Waals surface area (Å²) in [5.41, 5.74) is 4.27. The van der Waals surface area contributed by atoms with E-state index < -0.39 is 0 Å². The number of hydrogen-bond acceptors (Lipinski definition) is 2. The first-order chi connectivity index (χ1) is 9.63. The average Bonchev–Trinajstić information content (AvgIpc) is 2.45. The largest absolute Gasteiger partial charge is 0.314 e. The van der Waals surface area contributed by atoms with Gasteiger partial charge in [0, 0.05) is 19.1 Å². The summed E-state index contributed by atoms with van der Waals surface area (Å²) in [6, 6.07) is 7.63. The van der Waals surface area contributed by atoms with Gasteiger partial charge in [-0.3, -0.25) is 4.90 Å². The van der Waals surface area contributed by atoms with Crippen LogP contribution in [0, 0.1) is 19.8 Å². The van der Waals surface area contributed by atoms with Crippen molar-refractivity contribution in [1.29, 1.82) is 0 Å². The van der Waals surface area contributed by atoms with Crippen LogP contribution in [0.4, 0.5) is 0 Å². The zero-order valence-corrected chi connectivity index (χ0v) is 13.6. The first-order valence-electron chi connectivity index (χ1n) is 8.15. The number of nitrogens with zero attached hydrogens (tertiary/aromatic N) is 1. The molecule has 1 fully saturated rings. The number of rotatable bonds is 5. The summed E-state index contributed by atoms with van der Waals surface area (Å²) < 4.78 is 0.